The summed E-state index contributed by atoms with van der Waals surface area (Å²) in [5.41, 5.74) is 3.46. The molecule has 1 aromatic heterocycles. The molecule has 0 fully saturated rings. The topological polar surface area (TPSA) is 60.2 Å². The lowest BCUT2D eigenvalue weighted by molar-refractivity contribution is -0.119. The van der Waals surface area contributed by atoms with Gasteiger partial charge in [-0.15, -0.1) is 0 Å². The summed E-state index contributed by atoms with van der Waals surface area (Å²) in [5.74, 6) is 1.49. The van der Waals surface area contributed by atoms with Gasteiger partial charge in [-0.1, -0.05) is 48.9 Å². The molecule has 1 amide bonds. The summed E-state index contributed by atoms with van der Waals surface area (Å²) in [6.45, 7) is 4.10. The summed E-state index contributed by atoms with van der Waals surface area (Å²) >= 11 is 0. The van der Waals surface area contributed by atoms with E-state index in [1.54, 1.807) is 13.4 Å². The van der Waals surface area contributed by atoms with Gasteiger partial charge in [0.15, 0.2) is 0 Å². The second kappa shape index (κ2) is 8.07. The molecule has 6 heteroatoms. The number of benzene rings is 2. The summed E-state index contributed by atoms with van der Waals surface area (Å²) in [5, 5.41) is 4.48. The summed E-state index contributed by atoms with van der Waals surface area (Å²) in [6, 6.07) is 16.4. The summed E-state index contributed by atoms with van der Waals surface area (Å²) in [4.78, 5) is 19.4. The van der Waals surface area contributed by atoms with Crippen molar-refractivity contribution in [2.45, 2.75) is 45.2 Å². The van der Waals surface area contributed by atoms with Crippen LogP contribution in [0.2, 0.25) is 0 Å². The van der Waals surface area contributed by atoms with Gasteiger partial charge >= 0.3 is 0 Å². The second-order valence-electron chi connectivity index (χ2n) is 7.47. The summed E-state index contributed by atoms with van der Waals surface area (Å²) in [6.07, 6.45) is 3.55. The normalized spacial score (nSPS) is 18.4. The standard InChI is InChI=1S/C23H26N4O2/c1-4-5-22(28)26-20(17-10-12-19(29-3)13-11-17)14-21(27-23(26)24-15-25-27)18-8-6-16(2)7-9-18/h6-13,15,20-21H,4-5,14H2,1-3H3/t20-,21+/m0/s1. The van der Waals surface area contributed by atoms with Crippen LogP contribution in [0.5, 0.6) is 5.75 Å². The minimum Gasteiger partial charge on any atom is -0.497 e. The Labute approximate surface area is 171 Å². The first-order valence-electron chi connectivity index (χ1n) is 10.0. The van der Waals surface area contributed by atoms with Crippen molar-refractivity contribution < 1.29 is 9.53 Å². The molecule has 0 aliphatic carbocycles. The lowest BCUT2D eigenvalue weighted by Crippen LogP contribution is -2.42. The van der Waals surface area contributed by atoms with Crippen LogP contribution >= 0.6 is 0 Å². The number of ether oxygens (including phenoxy) is 1. The van der Waals surface area contributed by atoms with Crippen molar-refractivity contribution in [3.8, 4) is 5.75 Å². The molecular formula is C23H26N4O2. The Bertz CT molecular complexity index is 979. The van der Waals surface area contributed by atoms with E-state index < -0.39 is 0 Å². The largest absolute Gasteiger partial charge is 0.497 e. The quantitative estimate of drug-likeness (QED) is 0.645. The lowest BCUT2D eigenvalue weighted by Gasteiger charge is -2.39. The number of amides is 1. The molecule has 29 heavy (non-hydrogen) atoms. The number of rotatable bonds is 5. The van der Waals surface area contributed by atoms with Crippen LogP contribution in [0.25, 0.3) is 0 Å². The molecule has 0 saturated carbocycles. The SMILES string of the molecule is CCCC(=O)N1c2ncnn2[C@@H](c2ccc(C)cc2)C[C@H]1c1ccc(OC)cc1. The van der Waals surface area contributed by atoms with Gasteiger partial charge in [0.25, 0.3) is 0 Å². The Balaban J connectivity index is 1.80. The first-order valence-corrected chi connectivity index (χ1v) is 10.0. The number of fused-ring (bicyclic) bond motifs is 1. The van der Waals surface area contributed by atoms with E-state index in [4.69, 9.17) is 4.74 Å². The summed E-state index contributed by atoms with van der Waals surface area (Å²) < 4.78 is 7.20. The van der Waals surface area contributed by atoms with E-state index in [0.29, 0.717) is 12.4 Å². The molecule has 2 heterocycles. The molecule has 2 aromatic carbocycles. The molecular weight excluding hydrogens is 364 g/mol. The number of hydrogen-bond acceptors (Lipinski definition) is 4. The maximum atomic E-state index is 13.1. The highest BCUT2D eigenvalue weighted by atomic mass is 16.5. The van der Waals surface area contributed by atoms with Gasteiger partial charge < -0.3 is 4.74 Å². The third-order valence-corrected chi connectivity index (χ3v) is 5.52. The van der Waals surface area contributed by atoms with Crippen LogP contribution in [-0.2, 0) is 4.79 Å². The molecule has 1 aliphatic rings. The van der Waals surface area contributed by atoms with E-state index >= 15 is 0 Å². The van der Waals surface area contributed by atoms with E-state index in [2.05, 4.69) is 41.3 Å². The highest BCUT2D eigenvalue weighted by Crippen LogP contribution is 2.42. The Morgan fingerprint density at radius 2 is 1.72 bits per heavy atom. The average Bonchev–Trinajstić information content (AvgIpc) is 3.23. The summed E-state index contributed by atoms with van der Waals surface area (Å²) in [7, 11) is 1.66. The number of anilines is 1. The van der Waals surface area contributed by atoms with Crippen LogP contribution in [0.1, 0.15) is 55.0 Å². The third-order valence-electron chi connectivity index (χ3n) is 5.52. The highest BCUT2D eigenvalue weighted by molar-refractivity contribution is 5.92. The number of hydrogen-bond donors (Lipinski definition) is 0. The monoisotopic (exact) mass is 390 g/mol. The van der Waals surface area contributed by atoms with Gasteiger partial charge in [-0.2, -0.15) is 10.1 Å². The maximum absolute atomic E-state index is 13.1. The fourth-order valence-electron chi connectivity index (χ4n) is 3.99. The molecule has 0 spiro atoms. The van der Waals surface area contributed by atoms with Crippen molar-refractivity contribution in [1.29, 1.82) is 0 Å². The van der Waals surface area contributed by atoms with Crippen molar-refractivity contribution in [1.82, 2.24) is 14.8 Å². The van der Waals surface area contributed by atoms with E-state index in [-0.39, 0.29) is 18.0 Å². The van der Waals surface area contributed by atoms with Crippen LogP contribution in [0, 0.1) is 6.92 Å². The van der Waals surface area contributed by atoms with Gasteiger partial charge in [0.1, 0.15) is 12.1 Å². The Morgan fingerprint density at radius 1 is 1.07 bits per heavy atom. The number of aryl methyl sites for hydroxylation is 1. The fourth-order valence-corrected chi connectivity index (χ4v) is 3.99. The predicted molar refractivity (Wildman–Crippen MR) is 112 cm³/mol. The van der Waals surface area contributed by atoms with Crippen LogP contribution in [0.3, 0.4) is 0 Å². The molecule has 150 valence electrons. The number of carbonyl (C=O) groups is 1. The fraction of sp³-hybridized carbons (Fsp3) is 0.348. The zero-order valence-electron chi connectivity index (χ0n) is 17.1. The zero-order valence-corrected chi connectivity index (χ0v) is 17.1. The van der Waals surface area contributed by atoms with E-state index in [9.17, 15) is 4.79 Å². The lowest BCUT2D eigenvalue weighted by atomic mass is 9.91. The van der Waals surface area contributed by atoms with Crippen molar-refractivity contribution in [2.75, 3.05) is 12.0 Å². The second-order valence-corrected chi connectivity index (χ2v) is 7.47. The predicted octanol–water partition coefficient (Wildman–Crippen LogP) is 4.46. The van der Waals surface area contributed by atoms with Gasteiger partial charge in [0.2, 0.25) is 11.9 Å². The van der Waals surface area contributed by atoms with E-state index in [1.165, 1.54) is 11.1 Å². The number of carbonyl (C=O) groups excluding carboxylic acids is 1. The van der Waals surface area contributed by atoms with Crippen LogP contribution < -0.4 is 9.64 Å². The Hall–Kier alpha value is -3.15. The van der Waals surface area contributed by atoms with Gasteiger partial charge in [-0.3, -0.25) is 9.69 Å². The van der Waals surface area contributed by atoms with Crippen molar-refractivity contribution in [2.24, 2.45) is 0 Å². The number of aromatic nitrogens is 3. The van der Waals surface area contributed by atoms with E-state index in [1.807, 2.05) is 40.8 Å². The molecule has 2 atom stereocenters. The van der Waals surface area contributed by atoms with Crippen LogP contribution in [-0.4, -0.2) is 27.8 Å². The van der Waals surface area contributed by atoms with E-state index in [0.717, 1.165) is 24.2 Å². The first-order chi connectivity index (χ1) is 14.1. The van der Waals surface area contributed by atoms with Crippen molar-refractivity contribution in [3.05, 3.63) is 71.5 Å². The molecule has 0 radical (unpaired) electrons. The van der Waals surface area contributed by atoms with Gasteiger partial charge in [-0.25, -0.2) is 4.68 Å². The maximum Gasteiger partial charge on any atom is 0.231 e. The smallest absolute Gasteiger partial charge is 0.231 e. The molecule has 1 aliphatic heterocycles. The molecule has 0 N–H and O–H groups in total. The van der Waals surface area contributed by atoms with Gasteiger partial charge in [0.05, 0.1) is 19.2 Å². The van der Waals surface area contributed by atoms with Crippen LogP contribution in [0.15, 0.2) is 54.9 Å². The number of methoxy groups -OCH3 is 1. The molecule has 6 nitrogen and oxygen atoms in total. The number of nitrogens with zero attached hydrogens (tertiary/aromatic N) is 4. The third kappa shape index (κ3) is 3.62. The Kier molecular flexibility index (Phi) is 5.34. The minimum absolute atomic E-state index is 0.0193. The van der Waals surface area contributed by atoms with Crippen molar-refractivity contribution in [3.63, 3.8) is 0 Å². The zero-order chi connectivity index (χ0) is 20.4. The molecule has 0 bridgehead atoms. The van der Waals surface area contributed by atoms with Crippen LogP contribution in [0.4, 0.5) is 5.95 Å². The molecule has 3 aromatic rings. The molecule has 0 saturated heterocycles. The van der Waals surface area contributed by atoms with Crippen molar-refractivity contribution >= 4 is 11.9 Å². The minimum atomic E-state index is -0.108. The molecule has 4 rings (SSSR count). The molecule has 0 unspecified atom stereocenters. The van der Waals surface area contributed by atoms with Gasteiger partial charge in [0, 0.05) is 6.42 Å². The van der Waals surface area contributed by atoms with Gasteiger partial charge in [-0.05, 0) is 43.0 Å². The Morgan fingerprint density at radius 3 is 2.38 bits per heavy atom. The first kappa shape index (κ1) is 19.2. The highest BCUT2D eigenvalue weighted by Gasteiger charge is 2.38. The average molecular weight is 390 g/mol.